The van der Waals surface area contributed by atoms with Crippen molar-refractivity contribution in [1.29, 1.82) is 0 Å². The number of aryl methyl sites for hydroxylation is 1. The average Bonchev–Trinajstić information content (AvgIpc) is 3.14. The van der Waals surface area contributed by atoms with Gasteiger partial charge in [-0.05, 0) is 13.0 Å². The molecule has 0 aromatic heterocycles. The van der Waals surface area contributed by atoms with Crippen LogP contribution in [-0.2, 0) is 14.3 Å². The Labute approximate surface area is 125 Å². The van der Waals surface area contributed by atoms with Crippen molar-refractivity contribution in [2.45, 2.75) is 19.1 Å². The monoisotopic (exact) mass is 300 g/mol. The first-order valence-corrected chi connectivity index (χ1v) is 6.95. The number of amides is 2. The van der Waals surface area contributed by atoms with Crippen molar-refractivity contribution in [3.63, 3.8) is 0 Å². The molecule has 3 aliphatic heterocycles. The molecule has 7 nitrogen and oxygen atoms in total. The molecular formula is C15H12N2O5. The fraction of sp³-hybridized carbons (Fsp3) is 0.333. The van der Waals surface area contributed by atoms with Gasteiger partial charge in [-0.1, -0.05) is 18.2 Å². The highest BCUT2D eigenvalue weighted by molar-refractivity contribution is 6.23. The second-order valence-corrected chi connectivity index (χ2v) is 5.74. The number of imide groups is 1. The Morgan fingerprint density at radius 1 is 1.14 bits per heavy atom. The largest absolute Gasteiger partial charge is 0.365 e. The van der Waals surface area contributed by atoms with Gasteiger partial charge in [-0.2, -0.15) is 0 Å². The second kappa shape index (κ2) is 4.23. The molecule has 7 heteroatoms. The third-order valence-electron chi connectivity index (χ3n) is 4.56. The molecule has 3 aliphatic rings. The standard InChI is InChI=1S/C15H12N2O5/c1-7-2-3-8(6-9(7)17(20)21)16-14(18)12-10-4-5-11(22-10)13(12)15(16)19/h2-6,10-13H,1H3/t10-,11+,12-,13-/m0/s1. The minimum atomic E-state index is -0.515. The Balaban J connectivity index is 1.76. The van der Waals surface area contributed by atoms with Gasteiger partial charge in [-0.25, -0.2) is 4.90 Å². The van der Waals surface area contributed by atoms with E-state index in [-0.39, 0.29) is 35.4 Å². The van der Waals surface area contributed by atoms with Gasteiger partial charge < -0.3 is 4.74 Å². The number of ether oxygens (including phenoxy) is 1. The molecule has 112 valence electrons. The lowest BCUT2D eigenvalue weighted by molar-refractivity contribution is -0.385. The lowest BCUT2D eigenvalue weighted by atomic mass is 9.85. The van der Waals surface area contributed by atoms with Crippen LogP contribution in [0.25, 0.3) is 0 Å². The first kappa shape index (κ1) is 13.1. The molecule has 4 atom stereocenters. The number of benzene rings is 1. The van der Waals surface area contributed by atoms with Gasteiger partial charge in [0.15, 0.2) is 0 Å². The van der Waals surface area contributed by atoms with Crippen LogP contribution in [0.3, 0.4) is 0 Å². The van der Waals surface area contributed by atoms with E-state index in [0.29, 0.717) is 5.56 Å². The van der Waals surface area contributed by atoms with E-state index in [1.54, 1.807) is 31.2 Å². The van der Waals surface area contributed by atoms with Crippen molar-refractivity contribution < 1.29 is 19.2 Å². The highest BCUT2D eigenvalue weighted by Gasteiger charge is 2.61. The highest BCUT2D eigenvalue weighted by Crippen LogP contribution is 2.46. The zero-order valence-electron chi connectivity index (χ0n) is 11.6. The van der Waals surface area contributed by atoms with Gasteiger partial charge in [0.25, 0.3) is 5.69 Å². The summed E-state index contributed by atoms with van der Waals surface area (Å²) >= 11 is 0. The van der Waals surface area contributed by atoms with Crippen LogP contribution in [0.1, 0.15) is 5.56 Å². The van der Waals surface area contributed by atoms with Crippen LogP contribution in [0.15, 0.2) is 30.4 Å². The summed E-state index contributed by atoms with van der Waals surface area (Å²) in [4.78, 5) is 36.8. The van der Waals surface area contributed by atoms with Gasteiger partial charge >= 0.3 is 0 Å². The van der Waals surface area contributed by atoms with Crippen LogP contribution in [0.4, 0.5) is 11.4 Å². The van der Waals surface area contributed by atoms with E-state index in [1.807, 2.05) is 0 Å². The summed E-state index contributed by atoms with van der Waals surface area (Å²) in [5, 5.41) is 11.0. The molecule has 0 saturated carbocycles. The predicted octanol–water partition coefficient (Wildman–Crippen LogP) is 1.35. The molecule has 4 rings (SSSR count). The molecule has 0 N–H and O–H groups in total. The topological polar surface area (TPSA) is 89.8 Å². The number of nitro benzene ring substituents is 1. The fourth-order valence-electron chi connectivity index (χ4n) is 3.49. The molecule has 2 amide bonds. The Hall–Kier alpha value is -2.54. The summed E-state index contributed by atoms with van der Waals surface area (Å²) in [6, 6.07) is 4.39. The van der Waals surface area contributed by atoms with Crippen molar-refractivity contribution in [3.8, 4) is 0 Å². The predicted molar refractivity (Wildman–Crippen MR) is 75.1 cm³/mol. The van der Waals surface area contributed by atoms with Gasteiger partial charge in [0.1, 0.15) is 0 Å². The molecule has 3 heterocycles. The number of rotatable bonds is 2. The van der Waals surface area contributed by atoms with Gasteiger partial charge in [-0.3, -0.25) is 19.7 Å². The maximum atomic E-state index is 12.6. The van der Waals surface area contributed by atoms with Crippen molar-refractivity contribution in [2.75, 3.05) is 4.90 Å². The van der Waals surface area contributed by atoms with Crippen LogP contribution in [0.5, 0.6) is 0 Å². The normalized spacial score (nSPS) is 32.0. The molecule has 0 spiro atoms. The van der Waals surface area contributed by atoms with Crippen LogP contribution >= 0.6 is 0 Å². The van der Waals surface area contributed by atoms with Gasteiger partial charge in [0.2, 0.25) is 11.8 Å². The van der Waals surface area contributed by atoms with E-state index in [4.69, 9.17) is 4.74 Å². The Morgan fingerprint density at radius 3 is 2.27 bits per heavy atom. The number of nitro groups is 1. The molecule has 0 radical (unpaired) electrons. The zero-order valence-corrected chi connectivity index (χ0v) is 11.6. The van der Waals surface area contributed by atoms with Crippen LogP contribution in [0.2, 0.25) is 0 Å². The minimum absolute atomic E-state index is 0.104. The molecule has 0 unspecified atom stereocenters. The molecule has 2 fully saturated rings. The van der Waals surface area contributed by atoms with Gasteiger partial charge in [0.05, 0.1) is 34.7 Å². The Bertz CT molecular complexity index is 726. The fourth-order valence-corrected chi connectivity index (χ4v) is 3.49. The number of hydrogen-bond donors (Lipinski definition) is 0. The number of nitrogens with zero attached hydrogens (tertiary/aromatic N) is 2. The summed E-state index contributed by atoms with van der Waals surface area (Å²) < 4.78 is 5.56. The lowest BCUT2D eigenvalue weighted by Gasteiger charge is -2.17. The van der Waals surface area contributed by atoms with Crippen LogP contribution in [0, 0.1) is 28.9 Å². The van der Waals surface area contributed by atoms with E-state index >= 15 is 0 Å². The molecule has 0 aliphatic carbocycles. The van der Waals surface area contributed by atoms with E-state index in [2.05, 4.69) is 0 Å². The molecule has 1 aromatic carbocycles. The smallest absolute Gasteiger partial charge is 0.274 e. The molecular weight excluding hydrogens is 288 g/mol. The molecule has 2 bridgehead atoms. The third kappa shape index (κ3) is 1.54. The summed E-state index contributed by atoms with van der Waals surface area (Å²) in [6.07, 6.45) is 2.88. The minimum Gasteiger partial charge on any atom is -0.365 e. The van der Waals surface area contributed by atoms with E-state index in [9.17, 15) is 19.7 Å². The number of hydrogen-bond acceptors (Lipinski definition) is 5. The summed E-state index contributed by atoms with van der Waals surface area (Å²) in [5.74, 6) is -1.71. The van der Waals surface area contributed by atoms with Gasteiger partial charge in [-0.15, -0.1) is 0 Å². The average molecular weight is 300 g/mol. The lowest BCUT2D eigenvalue weighted by Crippen LogP contribution is -2.34. The summed E-state index contributed by atoms with van der Waals surface area (Å²) in [5.41, 5.74) is 0.631. The number of fused-ring (bicyclic) bond motifs is 5. The number of carbonyl (C=O) groups excluding carboxylic acids is 2. The molecule has 22 heavy (non-hydrogen) atoms. The maximum Gasteiger partial charge on any atom is 0.274 e. The third-order valence-corrected chi connectivity index (χ3v) is 4.56. The summed E-state index contributed by atoms with van der Waals surface area (Å²) in [6.45, 7) is 1.61. The van der Waals surface area contributed by atoms with Crippen molar-refractivity contribution in [2.24, 2.45) is 11.8 Å². The van der Waals surface area contributed by atoms with Crippen molar-refractivity contribution in [3.05, 3.63) is 46.0 Å². The van der Waals surface area contributed by atoms with E-state index in [1.165, 1.54) is 6.07 Å². The first-order valence-electron chi connectivity index (χ1n) is 6.95. The van der Waals surface area contributed by atoms with Gasteiger partial charge in [0, 0.05) is 11.6 Å². The quantitative estimate of drug-likeness (QED) is 0.356. The number of anilines is 1. The first-order chi connectivity index (χ1) is 10.5. The number of carbonyl (C=O) groups is 2. The Morgan fingerprint density at radius 2 is 1.73 bits per heavy atom. The second-order valence-electron chi connectivity index (χ2n) is 5.74. The van der Waals surface area contributed by atoms with E-state index < -0.39 is 16.8 Å². The van der Waals surface area contributed by atoms with Crippen LogP contribution in [-0.4, -0.2) is 28.9 Å². The summed E-state index contributed by atoms with van der Waals surface area (Å²) in [7, 11) is 0. The van der Waals surface area contributed by atoms with Crippen molar-refractivity contribution in [1.82, 2.24) is 0 Å². The maximum absolute atomic E-state index is 12.6. The molecule has 1 aromatic rings. The zero-order chi connectivity index (χ0) is 15.6. The Kier molecular flexibility index (Phi) is 2.53. The highest BCUT2D eigenvalue weighted by atomic mass is 16.6. The van der Waals surface area contributed by atoms with Crippen LogP contribution < -0.4 is 4.90 Å². The molecule has 2 saturated heterocycles. The van der Waals surface area contributed by atoms with E-state index in [0.717, 1.165) is 4.90 Å². The SMILES string of the molecule is Cc1ccc(N2C(=O)[C@@H]3[C@@H](C2=O)[C@H]2C=C[C@@H]3O2)cc1[N+](=O)[O-]. The van der Waals surface area contributed by atoms with Crippen molar-refractivity contribution >= 4 is 23.2 Å².